The molecule has 108 valence electrons. The Hall–Kier alpha value is -0.430. The summed E-state index contributed by atoms with van der Waals surface area (Å²) in [5, 5.41) is 9.08. The van der Waals surface area contributed by atoms with Gasteiger partial charge in [0.15, 0.2) is 0 Å². The molecule has 1 aromatic carbocycles. The largest absolute Gasteiger partial charge is 0.392 e. The van der Waals surface area contributed by atoms with Crippen LogP contribution in [0.5, 0.6) is 0 Å². The number of rotatable bonds is 7. The fourth-order valence-corrected chi connectivity index (χ4v) is 3.86. The smallest absolute Gasteiger partial charge is 0.241 e. The molecule has 0 amide bonds. The zero-order valence-corrected chi connectivity index (χ0v) is 13.6. The highest BCUT2D eigenvalue weighted by Gasteiger charge is 2.19. The molecule has 0 heterocycles. The minimum absolute atomic E-state index is 0.171. The minimum atomic E-state index is -3.55. The summed E-state index contributed by atoms with van der Waals surface area (Å²) in [5.74, 6) is 0.342. The van der Waals surface area contributed by atoms with Crippen molar-refractivity contribution >= 4 is 26.0 Å². The number of benzene rings is 1. The first-order valence-corrected chi connectivity index (χ1v) is 8.61. The highest BCUT2D eigenvalue weighted by atomic mass is 79.9. The summed E-state index contributed by atoms with van der Waals surface area (Å²) in [5.41, 5.74) is 0.575. The summed E-state index contributed by atoms with van der Waals surface area (Å²) >= 11 is 3.24. The third-order valence-electron chi connectivity index (χ3n) is 3.18. The van der Waals surface area contributed by atoms with E-state index in [0.717, 1.165) is 12.8 Å². The summed E-state index contributed by atoms with van der Waals surface area (Å²) < 4.78 is 27.6. The van der Waals surface area contributed by atoms with Gasteiger partial charge in [-0.2, -0.15) is 0 Å². The van der Waals surface area contributed by atoms with E-state index in [2.05, 4.69) is 20.7 Å². The lowest BCUT2D eigenvalue weighted by Gasteiger charge is -2.14. The number of hydrogen-bond donors (Lipinski definition) is 2. The molecular weight excluding hydrogens is 330 g/mol. The molecule has 0 bridgehead atoms. The molecule has 0 radical (unpaired) electrons. The van der Waals surface area contributed by atoms with E-state index in [4.69, 9.17) is 5.11 Å². The fourth-order valence-electron chi connectivity index (χ4n) is 1.73. The van der Waals surface area contributed by atoms with Gasteiger partial charge < -0.3 is 5.11 Å². The van der Waals surface area contributed by atoms with Crippen LogP contribution < -0.4 is 4.72 Å². The third-order valence-corrected chi connectivity index (χ3v) is 5.60. The molecule has 6 heteroatoms. The predicted molar refractivity (Wildman–Crippen MR) is 79.3 cm³/mol. The summed E-state index contributed by atoms with van der Waals surface area (Å²) in [6, 6.07) is 4.81. The topological polar surface area (TPSA) is 66.4 Å². The van der Waals surface area contributed by atoms with Gasteiger partial charge in [-0.3, -0.25) is 0 Å². The van der Waals surface area contributed by atoms with Crippen LogP contribution in [0.4, 0.5) is 0 Å². The van der Waals surface area contributed by atoms with Crippen molar-refractivity contribution in [1.29, 1.82) is 0 Å². The van der Waals surface area contributed by atoms with Crippen LogP contribution in [0, 0.1) is 5.92 Å². The Kier molecular flexibility index (Phi) is 6.46. The van der Waals surface area contributed by atoms with Crippen molar-refractivity contribution in [3.63, 3.8) is 0 Å². The van der Waals surface area contributed by atoms with E-state index >= 15 is 0 Å². The Balaban J connectivity index is 2.93. The Morgan fingerprint density at radius 1 is 1.32 bits per heavy atom. The third kappa shape index (κ3) is 4.56. The molecule has 0 aliphatic carbocycles. The van der Waals surface area contributed by atoms with Crippen molar-refractivity contribution in [1.82, 2.24) is 4.72 Å². The maximum atomic E-state index is 12.2. The number of aliphatic hydroxyl groups is 1. The standard InChI is InChI=1S/C13H20BrNO3S/c1-3-10(4-2)8-15-19(17,18)13-7-11(9-16)5-6-12(13)14/h5-7,10,15-16H,3-4,8-9H2,1-2H3. The second-order valence-corrected chi connectivity index (χ2v) is 7.05. The van der Waals surface area contributed by atoms with Gasteiger partial charge in [-0.15, -0.1) is 0 Å². The van der Waals surface area contributed by atoms with E-state index in [0.29, 0.717) is 22.5 Å². The van der Waals surface area contributed by atoms with E-state index in [1.54, 1.807) is 12.1 Å². The van der Waals surface area contributed by atoms with Gasteiger partial charge in [0, 0.05) is 11.0 Å². The summed E-state index contributed by atoms with van der Waals surface area (Å²) in [7, 11) is -3.55. The monoisotopic (exact) mass is 349 g/mol. The zero-order valence-electron chi connectivity index (χ0n) is 11.2. The van der Waals surface area contributed by atoms with Crippen molar-refractivity contribution in [2.45, 2.75) is 38.2 Å². The molecular formula is C13H20BrNO3S. The molecule has 0 aliphatic rings. The lowest BCUT2D eigenvalue weighted by molar-refractivity contribution is 0.281. The van der Waals surface area contributed by atoms with Crippen LogP contribution in [0.2, 0.25) is 0 Å². The molecule has 0 saturated carbocycles. The average Bonchev–Trinajstić information content (AvgIpc) is 2.40. The SMILES string of the molecule is CCC(CC)CNS(=O)(=O)c1cc(CO)ccc1Br. The van der Waals surface area contributed by atoms with Gasteiger partial charge in [0.25, 0.3) is 0 Å². The van der Waals surface area contributed by atoms with E-state index < -0.39 is 10.0 Å². The van der Waals surface area contributed by atoms with Crippen molar-refractivity contribution in [3.05, 3.63) is 28.2 Å². The average molecular weight is 350 g/mol. The molecule has 1 rings (SSSR count). The van der Waals surface area contributed by atoms with E-state index in [1.165, 1.54) is 6.07 Å². The first-order chi connectivity index (χ1) is 8.94. The van der Waals surface area contributed by atoms with Crippen molar-refractivity contribution < 1.29 is 13.5 Å². The molecule has 0 saturated heterocycles. The van der Waals surface area contributed by atoms with Crippen LogP contribution >= 0.6 is 15.9 Å². The van der Waals surface area contributed by atoms with Gasteiger partial charge in [0.1, 0.15) is 0 Å². The fraction of sp³-hybridized carbons (Fsp3) is 0.538. The Bertz CT molecular complexity index is 513. The Morgan fingerprint density at radius 3 is 2.47 bits per heavy atom. The van der Waals surface area contributed by atoms with Crippen LogP contribution in [-0.4, -0.2) is 20.1 Å². The van der Waals surface area contributed by atoms with E-state index in [9.17, 15) is 8.42 Å². The van der Waals surface area contributed by atoms with Crippen molar-refractivity contribution in [2.24, 2.45) is 5.92 Å². The van der Waals surface area contributed by atoms with Gasteiger partial charge in [-0.1, -0.05) is 32.8 Å². The minimum Gasteiger partial charge on any atom is -0.392 e. The van der Waals surface area contributed by atoms with Gasteiger partial charge >= 0.3 is 0 Å². The van der Waals surface area contributed by atoms with Crippen LogP contribution in [0.3, 0.4) is 0 Å². The molecule has 0 spiro atoms. The predicted octanol–water partition coefficient (Wildman–Crippen LogP) is 2.66. The highest BCUT2D eigenvalue weighted by Crippen LogP contribution is 2.23. The molecule has 2 N–H and O–H groups in total. The zero-order chi connectivity index (χ0) is 14.5. The lowest BCUT2D eigenvalue weighted by atomic mass is 10.0. The first kappa shape index (κ1) is 16.6. The Morgan fingerprint density at radius 2 is 1.95 bits per heavy atom. The Labute approximate surface area is 123 Å². The number of nitrogens with one attached hydrogen (secondary N) is 1. The molecule has 0 atom stereocenters. The number of hydrogen-bond acceptors (Lipinski definition) is 3. The summed E-state index contributed by atoms with van der Waals surface area (Å²) in [6.07, 6.45) is 1.88. The maximum Gasteiger partial charge on any atom is 0.241 e. The highest BCUT2D eigenvalue weighted by molar-refractivity contribution is 9.10. The molecule has 0 fully saturated rings. The van der Waals surface area contributed by atoms with Crippen molar-refractivity contribution in [2.75, 3.05) is 6.54 Å². The first-order valence-electron chi connectivity index (χ1n) is 6.33. The molecule has 0 aromatic heterocycles. The molecule has 0 aliphatic heterocycles. The number of aliphatic hydroxyl groups excluding tert-OH is 1. The van der Waals surface area contributed by atoms with Crippen LogP contribution in [0.15, 0.2) is 27.6 Å². The second kappa shape index (κ2) is 7.38. The van der Waals surface area contributed by atoms with Crippen molar-refractivity contribution in [3.8, 4) is 0 Å². The molecule has 4 nitrogen and oxygen atoms in total. The number of sulfonamides is 1. The summed E-state index contributed by atoms with van der Waals surface area (Å²) in [4.78, 5) is 0.171. The maximum absolute atomic E-state index is 12.2. The summed E-state index contributed by atoms with van der Waals surface area (Å²) in [6.45, 7) is 4.35. The van der Waals surface area contributed by atoms with Gasteiger partial charge in [-0.25, -0.2) is 13.1 Å². The van der Waals surface area contributed by atoms with Gasteiger partial charge in [0.05, 0.1) is 11.5 Å². The number of halogens is 1. The van der Waals surface area contributed by atoms with Crippen LogP contribution in [0.1, 0.15) is 32.3 Å². The molecule has 1 aromatic rings. The quantitative estimate of drug-likeness (QED) is 0.795. The molecule has 19 heavy (non-hydrogen) atoms. The molecule has 0 unspecified atom stereocenters. The van der Waals surface area contributed by atoms with Gasteiger partial charge in [-0.05, 0) is 39.5 Å². The lowest BCUT2D eigenvalue weighted by Crippen LogP contribution is -2.29. The second-order valence-electron chi connectivity index (χ2n) is 4.46. The van der Waals surface area contributed by atoms with E-state index in [-0.39, 0.29) is 11.5 Å². The normalized spacial score (nSPS) is 12.1. The van der Waals surface area contributed by atoms with Crippen LogP contribution in [0.25, 0.3) is 0 Å². The van der Waals surface area contributed by atoms with Crippen LogP contribution in [-0.2, 0) is 16.6 Å². The van der Waals surface area contributed by atoms with Gasteiger partial charge in [0.2, 0.25) is 10.0 Å². The van der Waals surface area contributed by atoms with E-state index in [1.807, 2.05) is 13.8 Å².